The number of carbonyl (C=O) groups is 1. The molecule has 0 aliphatic rings. The van der Waals surface area contributed by atoms with Gasteiger partial charge in [-0.2, -0.15) is 0 Å². The maximum atomic E-state index is 12.6. The first-order chi connectivity index (χ1) is 12.5. The second-order valence-corrected chi connectivity index (χ2v) is 6.47. The fourth-order valence-corrected chi connectivity index (χ4v) is 2.45. The van der Waals surface area contributed by atoms with Crippen LogP contribution in [-0.2, 0) is 0 Å². The number of nitrogens with one attached hydrogen (secondary N) is 2. The van der Waals surface area contributed by atoms with Crippen LogP contribution in [0.2, 0.25) is 0 Å². The molecular weight excluding hydrogens is 328 g/mol. The lowest BCUT2D eigenvalue weighted by Gasteiger charge is -2.15. The molecule has 0 atom stereocenters. The SMILES string of the molecule is CCCCCNc1nc(C)cc(C(=O)Nc2ccccc2OC(C)C)n1. The summed E-state index contributed by atoms with van der Waals surface area (Å²) >= 11 is 0. The van der Waals surface area contributed by atoms with E-state index in [2.05, 4.69) is 27.5 Å². The van der Waals surface area contributed by atoms with Gasteiger partial charge >= 0.3 is 0 Å². The van der Waals surface area contributed by atoms with Crippen LogP contribution in [0.5, 0.6) is 5.75 Å². The van der Waals surface area contributed by atoms with Gasteiger partial charge in [0.15, 0.2) is 0 Å². The zero-order valence-electron chi connectivity index (χ0n) is 16.0. The molecule has 26 heavy (non-hydrogen) atoms. The second kappa shape index (κ2) is 9.75. The van der Waals surface area contributed by atoms with Gasteiger partial charge < -0.3 is 15.4 Å². The standard InChI is InChI=1S/C20H28N4O2/c1-5-6-9-12-21-20-22-15(4)13-17(24-20)19(25)23-16-10-7-8-11-18(16)26-14(2)3/h7-8,10-11,13-14H,5-6,9,12H2,1-4H3,(H,23,25)(H,21,22,24). The van der Waals surface area contributed by atoms with Gasteiger partial charge in [-0.15, -0.1) is 0 Å². The van der Waals surface area contributed by atoms with Crippen LogP contribution in [0, 0.1) is 6.92 Å². The number of nitrogens with zero attached hydrogens (tertiary/aromatic N) is 2. The Balaban J connectivity index is 2.11. The maximum Gasteiger partial charge on any atom is 0.274 e. The highest BCUT2D eigenvalue weighted by molar-refractivity contribution is 6.03. The van der Waals surface area contributed by atoms with E-state index in [1.165, 1.54) is 0 Å². The Morgan fingerprint density at radius 2 is 1.96 bits per heavy atom. The number of rotatable bonds is 9. The molecule has 2 rings (SSSR count). The minimum atomic E-state index is -0.285. The van der Waals surface area contributed by atoms with E-state index in [0.29, 0.717) is 23.1 Å². The van der Waals surface area contributed by atoms with Crippen molar-refractivity contribution in [2.45, 2.75) is 53.1 Å². The summed E-state index contributed by atoms with van der Waals surface area (Å²) in [5.41, 5.74) is 1.70. The molecular formula is C20H28N4O2. The number of anilines is 2. The third kappa shape index (κ3) is 6.02. The molecule has 2 N–H and O–H groups in total. The normalized spacial score (nSPS) is 10.7. The Hall–Kier alpha value is -2.63. The first kappa shape index (κ1) is 19.7. The summed E-state index contributed by atoms with van der Waals surface area (Å²) in [6, 6.07) is 9.06. The van der Waals surface area contributed by atoms with Crippen molar-refractivity contribution < 1.29 is 9.53 Å². The summed E-state index contributed by atoms with van der Waals surface area (Å²) in [5, 5.41) is 6.07. The summed E-state index contributed by atoms with van der Waals surface area (Å²) < 4.78 is 5.75. The summed E-state index contributed by atoms with van der Waals surface area (Å²) in [6.07, 6.45) is 3.38. The van der Waals surface area contributed by atoms with Gasteiger partial charge in [-0.1, -0.05) is 31.9 Å². The Morgan fingerprint density at radius 1 is 1.19 bits per heavy atom. The van der Waals surface area contributed by atoms with E-state index in [1.807, 2.05) is 45.0 Å². The van der Waals surface area contributed by atoms with Crippen molar-refractivity contribution >= 4 is 17.5 Å². The van der Waals surface area contributed by atoms with Crippen LogP contribution in [0.4, 0.5) is 11.6 Å². The lowest BCUT2D eigenvalue weighted by molar-refractivity contribution is 0.102. The van der Waals surface area contributed by atoms with Crippen molar-refractivity contribution in [3.8, 4) is 5.75 Å². The lowest BCUT2D eigenvalue weighted by Crippen LogP contribution is -2.17. The molecule has 1 aromatic carbocycles. The average molecular weight is 356 g/mol. The van der Waals surface area contributed by atoms with Gasteiger partial charge in [-0.05, 0) is 45.4 Å². The van der Waals surface area contributed by atoms with Gasteiger partial charge in [0.1, 0.15) is 11.4 Å². The number of aromatic nitrogens is 2. The molecule has 0 unspecified atom stereocenters. The van der Waals surface area contributed by atoms with Gasteiger partial charge in [-0.3, -0.25) is 4.79 Å². The molecule has 1 heterocycles. The zero-order valence-corrected chi connectivity index (χ0v) is 16.0. The molecule has 0 saturated heterocycles. The van der Waals surface area contributed by atoms with Gasteiger partial charge in [-0.25, -0.2) is 9.97 Å². The van der Waals surface area contributed by atoms with E-state index in [9.17, 15) is 4.79 Å². The predicted molar refractivity (Wildman–Crippen MR) is 105 cm³/mol. The van der Waals surface area contributed by atoms with Crippen molar-refractivity contribution in [3.05, 3.63) is 41.7 Å². The van der Waals surface area contributed by atoms with Gasteiger partial charge in [0.2, 0.25) is 5.95 Å². The number of amides is 1. The summed E-state index contributed by atoms with van der Waals surface area (Å²) in [7, 11) is 0. The molecule has 0 saturated carbocycles. The lowest BCUT2D eigenvalue weighted by atomic mass is 10.2. The van der Waals surface area contributed by atoms with Crippen LogP contribution < -0.4 is 15.4 Å². The first-order valence-electron chi connectivity index (χ1n) is 9.16. The molecule has 1 amide bonds. The van der Waals surface area contributed by atoms with E-state index in [-0.39, 0.29) is 12.0 Å². The number of hydrogen-bond acceptors (Lipinski definition) is 5. The van der Waals surface area contributed by atoms with Crippen molar-refractivity contribution in [1.82, 2.24) is 9.97 Å². The molecule has 0 fully saturated rings. The van der Waals surface area contributed by atoms with Crippen molar-refractivity contribution in [2.24, 2.45) is 0 Å². The smallest absolute Gasteiger partial charge is 0.274 e. The molecule has 2 aromatic rings. The Labute approximate surface area is 155 Å². The highest BCUT2D eigenvalue weighted by Crippen LogP contribution is 2.25. The molecule has 0 aliphatic heterocycles. The van der Waals surface area contributed by atoms with Crippen LogP contribution >= 0.6 is 0 Å². The highest BCUT2D eigenvalue weighted by atomic mass is 16.5. The van der Waals surface area contributed by atoms with Gasteiger partial charge in [0.25, 0.3) is 5.91 Å². The Bertz CT molecular complexity index is 732. The summed E-state index contributed by atoms with van der Waals surface area (Å²) in [5.74, 6) is 0.837. The van der Waals surface area contributed by atoms with E-state index < -0.39 is 0 Å². The average Bonchev–Trinajstić information content (AvgIpc) is 2.59. The quantitative estimate of drug-likeness (QED) is 0.650. The van der Waals surface area contributed by atoms with Crippen LogP contribution in [0.3, 0.4) is 0 Å². The fourth-order valence-electron chi connectivity index (χ4n) is 2.45. The van der Waals surface area contributed by atoms with Crippen molar-refractivity contribution in [2.75, 3.05) is 17.2 Å². The zero-order chi connectivity index (χ0) is 18.9. The summed E-state index contributed by atoms with van der Waals surface area (Å²) in [4.78, 5) is 21.3. The minimum absolute atomic E-state index is 0.0215. The van der Waals surface area contributed by atoms with Gasteiger partial charge in [0, 0.05) is 12.2 Å². The Morgan fingerprint density at radius 3 is 2.69 bits per heavy atom. The van der Waals surface area contributed by atoms with E-state index in [4.69, 9.17) is 4.74 Å². The third-order valence-electron chi connectivity index (χ3n) is 3.65. The maximum absolute atomic E-state index is 12.6. The summed E-state index contributed by atoms with van der Waals surface area (Å²) in [6.45, 7) is 8.70. The molecule has 0 bridgehead atoms. The molecule has 6 nitrogen and oxygen atoms in total. The van der Waals surface area contributed by atoms with Crippen LogP contribution in [0.15, 0.2) is 30.3 Å². The number of unbranched alkanes of at least 4 members (excludes halogenated alkanes) is 2. The molecule has 140 valence electrons. The van der Waals surface area contributed by atoms with Crippen molar-refractivity contribution in [3.63, 3.8) is 0 Å². The number of carbonyl (C=O) groups excluding carboxylic acids is 1. The molecule has 0 radical (unpaired) electrons. The number of para-hydroxylation sites is 2. The number of ether oxygens (including phenoxy) is 1. The third-order valence-corrected chi connectivity index (χ3v) is 3.65. The topological polar surface area (TPSA) is 76.1 Å². The highest BCUT2D eigenvalue weighted by Gasteiger charge is 2.14. The Kier molecular flexibility index (Phi) is 7.38. The molecule has 6 heteroatoms. The second-order valence-electron chi connectivity index (χ2n) is 6.47. The number of hydrogen-bond donors (Lipinski definition) is 2. The minimum Gasteiger partial charge on any atom is -0.489 e. The van der Waals surface area contributed by atoms with Crippen LogP contribution in [0.1, 0.15) is 56.2 Å². The monoisotopic (exact) mass is 356 g/mol. The molecule has 0 spiro atoms. The molecule has 0 aliphatic carbocycles. The molecule has 1 aromatic heterocycles. The number of benzene rings is 1. The van der Waals surface area contributed by atoms with E-state index >= 15 is 0 Å². The van der Waals surface area contributed by atoms with Crippen molar-refractivity contribution in [1.29, 1.82) is 0 Å². The van der Waals surface area contributed by atoms with E-state index in [0.717, 1.165) is 31.5 Å². The predicted octanol–water partition coefficient (Wildman–Crippen LogP) is 4.43. The van der Waals surface area contributed by atoms with Crippen LogP contribution in [-0.4, -0.2) is 28.5 Å². The van der Waals surface area contributed by atoms with Gasteiger partial charge in [0.05, 0.1) is 11.8 Å². The first-order valence-corrected chi connectivity index (χ1v) is 9.16. The fraction of sp³-hybridized carbons (Fsp3) is 0.450. The largest absolute Gasteiger partial charge is 0.489 e. The van der Waals surface area contributed by atoms with E-state index in [1.54, 1.807) is 6.07 Å². The van der Waals surface area contributed by atoms with Crippen LogP contribution in [0.25, 0.3) is 0 Å². The number of aryl methyl sites for hydroxylation is 1.